The highest BCUT2D eigenvalue weighted by molar-refractivity contribution is 6.04. The molecule has 0 bridgehead atoms. The number of methoxy groups -OCH3 is 5. The Kier molecular flexibility index (Phi) is 12.9. The molecular formula is C42H49N3O9. The number of nitrogens with zero attached hydrogens (tertiary/aromatic N) is 1. The predicted molar refractivity (Wildman–Crippen MR) is 206 cm³/mol. The molecule has 2 aliphatic heterocycles. The molecule has 2 unspecified atom stereocenters. The van der Waals surface area contributed by atoms with Gasteiger partial charge < -0.3 is 48.6 Å². The van der Waals surface area contributed by atoms with E-state index in [0.29, 0.717) is 65.4 Å². The van der Waals surface area contributed by atoms with Crippen molar-refractivity contribution in [2.45, 2.75) is 57.2 Å². The second-order valence-corrected chi connectivity index (χ2v) is 13.0. The molecule has 4 aromatic rings. The number of benzene rings is 4. The van der Waals surface area contributed by atoms with Crippen LogP contribution in [0.4, 0.5) is 5.69 Å². The van der Waals surface area contributed by atoms with Crippen molar-refractivity contribution in [1.29, 1.82) is 0 Å². The van der Waals surface area contributed by atoms with Gasteiger partial charge in [-0.25, -0.2) is 0 Å². The summed E-state index contributed by atoms with van der Waals surface area (Å²) in [5.74, 6) is 4.17. The minimum absolute atomic E-state index is 0.109. The molecule has 2 atom stereocenters. The number of anilines is 1. The van der Waals surface area contributed by atoms with E-state index in [0.717, 1.165) is 66.6 Å². The SMILES string of the molecule is COc1cc(C2NC(=O)c3ccccc3N2)ccc1OCCCCCCCCOc1cccc(C2=NOC(c3cc(OC)c(OC)c(OC)c3)C2)c1OC. The summed E-state index contributed by atoms with van der Waals surface area (Å²) in [6.07, 6.45) is 6.08. The molecule has 4 aromatic carbocycles. The lowest BCUT2D eigenvalue weighted by Crippen LogP contribution is -2.38. The van der Waals surface area contributed by atoms with Gasteiger partial charge >= 0.3 is 0 Å². The number of carbonyl (C=O) groups excluding carboxylic acids is 1. The number of oxime groups is 1. The van der Waals surface area contributed by atoms with E-state index in [1.807, 2.05) is 66.7 Å². The molecule has 0 radical (unpaired) electrons. The van der Waals surface area contributed by atoms with Crippen LogP contribution in [-0.2, 0) is 4.84 Å². The first-order chi connectivity index (χ1) is 26.5. The molecule has 2 N–H and O–H groups in total. The lowest BCUT2D eigenvalue weighted by atomic mass is 9.98. The van der Waals surface area contributed by atoms with Crippen molar-refractivity contribution in [3.05, 3.63) is 95.1 Å². The van der Waals surface area contributed by atoms with Crippen LogP contribution in [0.15, 0.2) is 78.0 Å². The molecule has 6 rings (SSSR count). The number of amides is 1. The minimum Gasteiger partial charge on any atom is -0.493 e. The Morgan fingerprint density at radius 1 is 0.611 bits per heavy atom. The van der Waals surface area contributed by atoms with Gasteiger partial charge in [0.2, 0.25) is 5.75 Å². The number of para-hydroxylation sites is 2. The number of hydrogen-bond acceptors (Lipinski definition) is 11. The maximum absolute atomic E-state index is 12.6. The van der Waals surface area contributed by atoms with Gasteiger partial charge in [-0.15, -0.1) is 0 Å². The van der Waals surface area contributed by atoms with E-state index in [-0.39, 0.29) is 18.2 Å². The molecule has 54 heavy (non-hydrogen) atoms. The van der Waals surface area contributed by atoms with E-state index < -0.39 is 0 Å². The van der Waals surface area contributed by atoms with Crippen LogP contribution in [0, 0.1) is 0 Å². The predicted octanol–water partition coefficient (Wildman–Crippen LogP) is 8.25. The summed E-state index contributed by atoms with van der Waals surface area (Å²) < 4.78 is 40.2. The minimum atomic E-state index is -0.356. The van der Waals surface area contributed by atoms with Crippen LogP contribution in [0.1, 0.15) is 84.3 Å². The fourth-order valence-electron chi connectivity index (χ4n) is 6.70. The number of rotatable bonds is 19. The van der Waals surface area contributed by atoms with E-state index in [1.165, 1.54) is 0 Å². The Balaban J connectivity index is 0.904. The second kappa shape index (κ2) is 18.3. The topological polar surface area (TPSA) is 127 Å². The van der Waals surface area contributed by atoms with Gasteiger partial charge in [-0.1, -0.05) is 55.1 Å². The summed E-state index contributed by atoms with van der Waals surface area (Å²) >= 11 is 0. The van der Waals surface area contributed by atoms with Gasteiger partial charge in [0, 0.05) is 23.2 Å². The standard InChI is InChI=1S/C42H49N3O9/c1-47-36-23-27(41-43-31-17-11-10-15-30(31)42(46)44-41)19-20-33(36)52-21-12-8-6-7-9-13-22-53-34-18-14-16-29(39(34)50-4)32-26-35(54-45-32)28-24-37(48-2)40(51-5)38(25-28)49-3/h10-11,14-20,23-25,35,41,43H,6-9,12-13,21-22,26H2,1-5H3,(H,44,46). The van der Waals surface area contributed by atoms with Gasteiger partial charge in [0.15, 0.2) is 40.6 Å². The first-order valence-electron chi connectivity index (χ1n) is 18.3. The maximum Gasteiger partial charge on any atom is 0.255 e. The number of carbonyl (C=O) groups is 1. The van der Waals surface area contributed by atoms with Crippen LogP contribution in [0.3, 0.4) is 0 Å². The zero-order chi connectivity index (χ0) is 37.9. The Hall–Kier alpha value is -5.78. The monoisotopic (exact) mass is 739 g/mol. The largest absolute Gasteiger partial charge is 0.493 e. The summed E-state index contributed by atoms with van der Waals surface area (Å²) in [6, 6.07) is 22.8. The molecule has 2 aliphatic rings. The van der Waals surface area contributed by atoms with Crippen LogP contribution < -0.4 is 43.8 Å². The maximum atomic E-state index is 12.6. The average molecular weight is 740 g/mol. The first kappa shape index (κ1) is 38.0. The molecule has 1 amide bonds. The van der Waals surface area contributed by atoms with Crippen LogP contribution in [0.5, 0.6) is 40.2 Å². The van der Waals surface area contributed by atoms with E-state index in [4.69, 9.17) is 38.0 Å². The third-order valence-corrected chi connectivity index (χ3v) is 9.54. The summed E-state index contributed by atoms with van der Waals surface area (Å²) in [5.41, 5.74) is 4.80. The molecule has 0 saturated carbocycles. The fourth-order valence-corrected chi connectivity index (χ4v) is 6.70. The quantitative estimate of drug-likeness (QED) is 0.0908. The molecule has 0 spiro atoms. The van der Waals surface area contributed by atoms with Crippen LogP contribution in [0.2, 0.25) is 0 Å². The highest BCUT2D eigenvalue weighted by Gasteiger charge is 2.29. The molecule has 12 heteroatoms. The molecule has 0 saturated heterocycles. The van der Waals surface area contributed by atoms with Crippen LogP contribution in [0.25, 0.3) is 0 Å². The van der Waals surface area contributed by atoms with E-state index in [2.05, 4.69) is 15.8 Å². The Labute approximate surface area is 316 Å². The van der Waals surface area contributed by atoms with Gasteiger partial charge in [0.05, 0.1) is 60.0 Å². The third kappa shape index (κ3) is 8.70. The highest BCUT2D eigenvalue weighted by Crippen LogP contribution is 2.43. The summed E-state index contributed by atoms with van der Waals surface area (Å²) in [6.45, 7) is 1.18. The average Bonchev–Trinajstić information content (AvgIpc) is 3.71. The van der Waals surface area contributed by atoms with E-state index >= 15 is 0 Å². The second-order valence-electron chi connectivity index (χ2n) is 13.0. The van der Waals surface area contributed by atoms with E-state index in [1.54, 1.807) is 41.6 Å². The van der Waals surface area contributed by atoms with Crippen molar-refractivity contribution in [2.75, 3.05) is 54.1 Å². The molecule has 0 fully saturated rings. The highest BCUT2D eigenvalue weighted by atomic mass is 16.6. The lowest BCUT2D eigenvalue weighted by Gasteiger charge is -2.28. The van der Waals surface area contributed by atoms with E-state index in [9.17, 15) is 4.79 Å². The summed E-state index contributed by atoms with van der Waals surface area (Å²) in [5, 5.41) is 10.8. The van der Waals surface area contributed by atoms with Crippen molar-refractivity contribution in [3.63, 3.8) is 0 Å². The van der Waals surface area contributed by atoms with Gasteiger partial charge in [-0.3, -0.25) is 4.79 Å². The normalized spacial score (nSPS) is 15.9. The zero-order valence-electron chi connectivity index (χ0n) is 31.6. The van der Waals surface area contributed by atoms with Gasteiger partial charge in [0.25, 0.3) is 5.91 Å². The number of ether oxygens (including phenoxy) is 7. The van der Waals surface area contributed by atoms with Gasteiger partial charge in [-0.05, 0) is 66.9 Å². The van der Waals surface area contributed by atoms with Crippen molar-refractivity contribution >= 4 is 17.3 Å². The summed E-state index contributed by atoms with van der Waals surface area (Å²) in [4.78, 5) is 18.4. The number of fused-ring (bicyclic) bond motifs is 1. The zero-order valence-corrected chi connectivity index (χ0v) is 31.6. The molecule has 0 aromatic heterocycles. The molecule has 2 heterocycles. The molecule has 0 aliphatic carbocycles. The van der Waals surface area contributed by atoms with Crippen LogP contribution >= 0.6 is 0 Å². The third-order valence-electron chi connectivity index (χ3n) is 9.54. The molecular weight excluding hydrogens is 690 g/mol. The summed E-state index contributed by atoms with van der Waals surface area (Å²) in [7, 11) is 8.02. The Morgan fingerprint density at radius 2 is 1.24 bits per heavy atom. The van der Waals surface area contributed by atoms with Gasteiger partial charge in [0.1, 0.15) is 6.17 Å². The molecule has 12 nitrogen and oxygen atoms in total. The van der Waals surface area contributed by atoms with Crippen molar-refractivity contribution in [3.8, 4) is 40.2 Å². The van der Waals surface area contributed by atoms with Crippen molar-refractivity contribution in [2.24, 2.45) is 5.16 Å². The Morgan fingerprint density at radius 3 is 1.93 bits per heavy atom. The fraction of sp³-hybridized carbons (Fsp3) is 0.381. The van der Waals surface area contributed by atoms with Gasteiger partial charge in [-0.2, -0.15) is 0 Å². The Bertz CT molecular complexity index is 1910. The smallest absolute Gasteiger partial charge is 0.255 e. The van der Waals surface area contributed by atoms with Crippen molar-refractivity contribution < 1.29 is 42.8 Å². The number of hydrogen-bond donors (Lipinski definition) is 2. The van der Waals surface area contributed by atoms with Crippen LogP contribution in [-0.4, -0.2) is 60.4 Å². The number of unbranched alkanes of at least 4 members (excludes halogenated alkanes) is 5. The molecule has 286 valence electrons. The lowest BCUT2D eigenvalue weighted by molar-refractivity contribution is 0.0853. The number of nitrogens with one attached hydrogen (secondary N) is 2. The van der Waals surface area contributed by atoms with Crippen molar-refractivity contribution in [1.82, 2.24) is 5.32 Å². The first-order valence-corrected chi connectivity index (χ1v) is 18.3.